The van der Waals surface area contributed by atoms with Gasteiger partial charge in [0, 0.05) is 6.20 Å². The molecule has 0 atom stereocenters. The molecule has 0 aliphatic carbocycles. The maximum absolute atomic E-state index is 11.9. The molecule has 0 aliphatic heterocycles. The summed E-state index contributed by atoms with van der Waals surface area (Å²) in [6.07, 6.45) is 4.67. The van der Waals surface area contributed by atoms with E-state index in [2.05, 4.69) is 20.4 Å². The van der Waals surface area contributed by atoms with Crippen molar-refractivity contribution >= 4 is 17.3 Å². The zero-order valence-corrected chi connectivity index (χ0v) is 11.4. The van der Waals surface area contributed by atoms with Crippen molar-refractivity contribution in [3.63, 3.8) is 0 Å². The first kappa shape index (κ1) is 13.5. The Balaban J connectivity index is 2.18. The highest BCUT2D eigenvalue weighted by Crippen LogP contribution is 2.16. The lowest BCUT2D eigenvalue weighted by Gasteiger charge is -2.11. The molecule has 0 amide bonds. The van der Waals surface area contributed by atoms with Crippen LogP contribution in [0.3, 0.4) is 0 Å². The van der Waals surface area contributed by atoms with E-state index >= 15 is 0 Å². The normalized spacial score (nSPS) is 10.7. The number of aromatic nitrogens is 4. The number of hydrogen-bond acceptors (Lipinski definition) is 5. The van der Waals surface area contributed by atoms with Crippen LogP contribution in [0.5, 0.6) is 0 Å². The molecule has 2 aromatic heterocycles. The molecule has 0 unspecified atom stereocenters. The van der Waals surface area contributed by atoms with Crippen molar-refractivity contribution < 1.29 is 0 Å². The van der Waals surface area contributed by atoms with E-state index in [1.54, 1.807) is 18.5 Å². The quantitative estimate of drug-likeness (QED) is 0.925. The minimum absolute atomic E-state index is 0.0269. The second-order valence-corrected chi connectivity index (χ2v) is 4.65. The molecular formula is C12H14ClN5O. The van der Waals surface area contributed by atoms with Gasteiger partial charge < -0.3 is 5.32 Å². The van der Waals surface area contributed by atoms with Gasteiger partial charge in [0.15, 0.2) is 0 Å². The molecule has 19 heavy (non-hydrogen) atoms. The molecule has 1 N–H and O–H groups in total. The fourth-order valence-electron chi connectivity index (χ4n) is 1.54. The van der Waals surface area contributed by atoms with E-state index in [0.717, 1.165) is 5.69 Å². The van der Waals surface area contributed by atoms with Crippen LogP contribution in [0.2, 0.25) is 5.02 Å². The summed E-state index contributed by atoms with van der Waals surface area (Å²) in [6, 6.07) is 1.75. The average molecular weight is 280 g/mol. The first-order valence-corrected chi connectivity index (χ1v) is 6.23. The fraction of sp³-hybridized carbons (Fsp3) is 0.333. The van der Waals surface area contributed by atoms with Gasteiger partial charge in [-0.2, -0.15) is 5.10 Å². The van der Waals surface area contributed by atoms with Gasteiger partial charge in [-0.05, 0) is 19.9 Å². The highest BCUT2D eigenvalue weighted by Gasteiger charge is 2.10. The van der Waals surface area contributed by atoms with Crippen LogP contribution in [0.4, 0.5) is 5.69 Å². The Morgan fingerprint density at radius 2 is 2.26 bits per heavy atom. The Morgan fingerprint density at radius 3 is 2.89 bits per heavy atom. The van der Waals surface area contributed by atoms with Crippen molar-refractivity contribution in [3.05, 3.63) is 45.9 Å². The topological polar surface area (TPSA) is 72.7 Å². The van der Waals surface area contributed by atoms with Gasteiger partial charge in [-0.25, -0.2) is 14.6 Å². The lowest BCUT2D eigenvalue weighted by Crippen LogP contribution is -2.25. The summed E-state index contributed by atoms with van der Waals surface area (Å²) in [7, 11) is 0. The van der Waals surface area contributed by atoms with Crippen LogP contribution in [0.15, 0.2) is 29.6 Å². The summed E-state index contributed by atoms with van der Waals surface area (Å²) in [4.78, 5) is 19.8. The number of nitrogens with zero attached hydrogens (tertiary/aromatic N) is 4. The highest BCUT2D eigenvalue weighted by molar-refractivity contribution is 6.32. The van der Waals surface area contributed by atoms with Gasteiger partial charge >= 0.3 is 0 Å². The fourth-order valence-corrected chi connectivity index (χ4v) is 1.75. The van der Waals surface area contributed by atoms with Gasteiger partial charge in [0.2, 0.25) is 0 Å². The molecule has 0 fully saturated rings. The van der Waals surface area contributed by atoms with Crippen LogP contribution >= 0.6 is 11.6 Å². The van der Waals surface area contributed by atoms with E-state index < -0.39 is 0 Å². The van der Waals surface area contributed by atoms with Crippen molar-refractivity contribution in [1.82, 2.24) is 19.7 Å². The predicted molar refractivity (Wildman–Crippen MR) is 73.3 cm³/mol. The summed E-state index contributed by atoms with van der Waals surface area (Å²) >= 11 is 6.04. The predicted octanol–water partition coefficient (Wildman–Crippen LogP) is 1.88. The van der Waals surface area contributed by atoms with Gasteiger partial charge in [-0.1, -0.05) is 11.6 Å². The van der Waals surface area contributed by atoms with Gasteiger partial charge in [0.05, 0.1) is 30.2 Å². The van der Waals surface area contributed by atoms with E-state index in [1.807, 2.05) is 13.8 Å². The Kier molecular flexibility index (Phi) is 4.11. The van der Waals surface area contributed by atoms with Crippen molar-refractivity contribution in [3.8, 4) is 0 Å². The minimum Gasteiger partial charge on any atom is -0.377 e. The number of nitrogens with one attached hydrogen (secondary N) is 1. The molecule has 0 aliphatic rings. The Morgan fingerprint density at radius 1 is 1.47 bits per heavy atom. The molecule has 2 rings (SSSR count). The summed E-state index contributed by atoms with van der Waals surface area (Å²) in [5.74, 6) is 0. The van der Waals surface area contributed by atoms with E-state index in [0.29, 0.717) is 12.2 Å². The third-order valence-corrected chi connectivity index (χ3v) is 2.90. The van der Waals surface area contributed by atoms with Crippen molar-refractivity contribution in [2.75, 3.05) is 5.32 Å². The number of rotatable bonds is 4. The molecule has 7 heteroatoms. The SMILES string of the molecule is CC(C)n1ncc(NCc2ccncn2)c(Cl)c1=O. The number of halogens is 1. The molecule has 100 valence electrons. The summed E-state index contributed by atoms with van der Waals surface area (Å²) in [5, 5.41) is 7.25. The van der Waals surface area contributed by atoms with Gasteiger partial charge in [-0.3, -0.25) is 4.79 Å². The standard InChI is InChI=1S/C12H14ClN5O/c1-8(2)18-12(19)11(13)10(6-17-18)15-5-9-3-4-14-7-16-9/h3-4,6-8,15H,5H2,1-2H3. The van der Waals surface area contributed by atoms with E-state index in [1.165, 1.54) is 11.0 Å². The van der Waals surface area contributed by atoms with E-state index in [9.17, 15) is 4.79 Å². The third kappa shape index (κ3) is 3.08. The highest BCUT2D eigenvalue weighted by atomic mass is 35.5. The molecule has 0 spiro atoms. The van der Waals surface area contributed by atoms with Crippen LogP contribution in [0.25, 0.3) is 0 Å². The molecule has 0 saturated heterocycles. The number of anilines is 1. The Hall–Kier alpha value is -1.95. The van der Waals surface area contributed by atoms with Crippen LogP contribution in [-0.4, -0.2) is 19.7 Å². The van der Waals surface area contributed by atoms with Crippen molar-refractivity contribution in [2.24, 2.45) is 0 Å². The van der Waals surface area contributed by atoms with E-state index in [4.69, 9.17) is 11.6 Å². The van der Waals surface area contributed by atoms with Gasteiger partial charge in [0.1, 0.15) is 11.3 Å². The van der Waals surface area contributed by atoms with Crippen LogP contribution in [-0.2, 0) is 6.54 Å². The largest absolute Gasteiger partial charge is 0.377 e. The molecule has 2 heterocycles. The monoisotopic (exact) mass is 279 g/mol. The molecule has 0 saturated carbocycles. The average Bonchev–Trinajstić information content (AvgIpc) is 2.41. The summed E-state index contributed by atoms with van der Waals surface area (Å²) < 4.78 is 1.35. The van der Waals surface area contributed by atoms with Gasteiger partial charge in [-0.15, -0.1) is 0 Å². The third-order valence-electron chi connectivity index (χ3n) is 2.54. The minimum atomic E-state index is -0.302. The Bertz CT molecular complexity index is 611. The smallest absolute Gasteiger partial charge is 0.287 e. The first-order chi connectivity index (χ1) is 9.09. The van der Waals surface area contributed by atoms with Crippen molar-refractivity contribution in [2.45, 2.75) is 26.4 Å². The van der Waals surface area contributed by atoms with Gasteiger partial charge in [0.25, 0.3) is 5.56 Å². The van der Waals surface area contributed by atoms with E-state index in [-0.39, 0.29) is 16.6 Å². The first-order valence-electron chi connectivity index (χ1n) is 5.85. The lowest BCUT2D eigenvalue weighted by atomic mass is 10.3. The second-order valence-electron chi connectivity index (χ2n) is 4.27. The molecule has 0 bridgehead atoms. The van der Waals surface area contributed by atoms with Crippen LogP contribution in [0.1, 0.15) is 25.6 Å². The molecular weight excluding hydrogens is 266 g/mol. The second kappa shape index (κ2) is 5.79. The molecule has 0 radical (unpaired) electrons. The number of hydrogen-bond donors (Lipinski definition) is 1. The maximum atomic E-state index is 11.9. The summed E-state index contributed by atoms with van der Waals surface area (Å²) in [5.41, 5.74) is 1.01. The van der Waals surface area contributed by atoms with Crippen LogP contribution < -0.4 is 10.9 Å². The zero-order valence-electron chi connectivity index (χ0n) is 10.7. The molecule has 2 aromatic rings. The van der Waals surface area contributed by atoms with Crippen LogP contribution in [0, 0.1) is 0 Å². The zero-order chi connectivity index (χ0) is 13.8. The lowest BCUT2D eigenvalue weighted by molar-refractivity contribution is 0.503. The maximum Gasteiger partial charge on any atom is 0.287 e. The molecule has 0 aromatic carbocycles. The van der Waals surface area contributed by atoms with Crippen molar-refractivity contribution in [1.29, 1.82) is 0 Å². The Labute approximate surface area is 115 Å². The summed E-state index contributed by atoms with van der Waals surface area (Å²) in [6.45, 7) is 4.20. The molecule has 6 nitrogen and oxygen atoms in total.